The summed E-state index contributed by atoms with van der Waals surface area (Å²) in [7, 11) is 0. The van der Waals surface area contributed by atoms with Gasteiger partial charge in [-0.2, -0.15) is 0 Å². The molecule has 0 fully saturated rings. The topological polar surface area (TPSA) is 25.0 Å². The van der Waals surface area contributed by atoms with Crippen LogP contribution in [0.1, 0.15) is 5.56 Å². The van der Waals surface area contributed by atoms with Crippen molar-refractivity contribution in [3.05, 3.63) is 65.1 Å². The Morgan fingerprint density at radius 1 is 1.16 bits per heavy atom. The van der Waals surface area contributed by atoms with Gasteiger partial charge in [0.1, 0.15) is 18.2 Å². The number of aromatic nitrogens is 1. The highest BCUT2D eigenvalue weighted by Gasteiger charge is 2.06. The fourth-order valence-corrected chi connectivity index (χ4v) is 2.18. The molecular formula is C15H11ClFNO. The quantitative estimate of drug-likeness (QED) is 0.746. The molecule has 1 aromatic heterocycles. The van der Waals surface area contributed by atoms with Crippen molar-refractivity contribution in [3.63, 3.8) is 0 Å². The van der Waals surface area contributed by atoms with Crippen LogP contribution in [-0.4, -0.2) is 4.98 Å². The first-order valence-electron chi connectivity index (χ1n) is 5.87. The van der Waals surface area contributed by atoms with Crippen LogP contribution >= 0.6 is 11.6 Å². The van der Waals surface area contributed by atoms with Crippen molar-refractivity contribution < 1.29 is 9.13 Å². The van der Waals surface area contributed by atoms with Gasteiger partial charge < -0.3 is 9.72 Å². The zero-order valence-electron chi connectivity index (χ0n) is 9.99. The van der Waals surface area contributed by atoms with Gasteiger partial charge in [0.25, 0.3) is 0 Å². The van der Waals surface area contributed by atoms with Crippen molar-refractivity contribution in [2.75, 3.05) is 0 Å². The number of nitrogens with one attached hydrogen (secondary N) is 1. The lowest BCUT2D eigenvalue weighted by Gasteiger charge is -2.06. The molecule has 1 heterocycles. The molecule has 3 aromatic rings. The maximum Gasteiger partial charge on any atom is 0.138 e. The molecule has 0 saturated carbocycles. The Kier molecular flexibility index (Phi) is 3.13. The summed E-state index contributed by atoms with van der Waals surface area (Å²) < 4.78 is 18.9. The van der Waals surface area contributed by atoms with Crippen molar-refractivity contribution in [1.29, 1.82) is 0 Å². The van der Waals surface area contributed by atoms with Gasteiger partial charge in [-0.3, -0.25) is 0 Å². The lowest BCUT2D eigenvalue weighted by molar-refractivity contribution is 0.308. The van der Waals surface area contributed by atoms with Crippen LogP contribution in [0, 0.1) is 5.82 Å². The first-order valence-corrected chi connectivity index (χ1v) is 6.25. The molecule has 0 radical (unpaired) electrons. The molecule has 2 aromatic carbocycles. The van der Waals surface area contributed by atoms with Gasteiger partial charge in [-0.25, -0.2) is 4.39 Å². The third kappa shape index (κ3) is 2.42. The van der Waals surface area contributed by atoms with Crippen molar-refractivity contribution >= 4 is 22.5 Å². The van der Waals surface area contributed by atoms with E-state index in [0.29, 0.717) is 17.4 Å². The Labute approximate surface area is 114 Å². The molecule has 2 nitrogen and oxygen atoms in total. The molecule has 0 spiro atoms. The van der Waals surface area contributed by atoms with Gasteiger partial charge in [-0.1, -0.05) is 23.7 Å². The largest absolute Gasteiger partial charge is 0.487 e. The van der Waals surface area contributed by atoms with Crippen molar-refractivity contribution in [3.8, 4) is 5.75 Å². The summed E-state index contributed by atoms with van der Waals surface area (Å²) in [6.45, 7) is 0.340. The summed E-state index contributed by atoms with van der Waals surface area (Å²) >= 11 is 6.02. The molecule has 1 N–H and O–H groups in total. The molecule has 96 valence electrons. The highest BCUT2D eigenvalue weighted by molar-refractivity contribution is 6.32. The van der Waals surface area contributed by atoms with Gasteiger partial charge in [0.05, 0.1) is 5.02 Å². The van der Waals surface area contributed by atoms with Gasteiger partial charge >= 0.3 is 0 Å². The van der Waals surface area contributed by atoms with Gasteiger partial charge in [0, 0.05) is 22.7 Å². The first kappa shape index (κ1) is 12.1. The number of fused-ring (bicyclic) bond motifs is 1. The molecule has 0 aliphatic rings. The molecule has 0 bridgehead atoms. The standard InChI is InChI=1S/C15H11ClFNO/c16-13-3-1-2-4-15(13)19-9-10-8-18-14-6-5-11(17)7-12(10)14/h1-8,18H,9H2. The van der Waals surface area contributed by atoms with Crippen LogP contribution in [0.3, 0.4) is 0 Å². The number of H-pyrrole nitrogens is 1. The van der Waals surface area contributed by atoms with Crippen LogP contribution < -0.4 is 4.74 Å². The SMILES string of the molecule is Fc1ccc2[nH]cc(COc3ccccc3Cl)c2c1. The minimum atomic E-state index is -0.258. The molecule has 0 aliphatic heterocycles. The van der Waals surface area contributed by atoms with Crippen LogP contribution in [0.15, 0.2) is 48.7 Å². The van der Waals surface area contributed by atoms with Crippen LogP contribution in [0.25, 0.3) is 10.9 Å². The van der Waals surface area contributed by atoms with Crippen LogP contribution in [0.5, 0.6) is 5.75 Å². The predicted molar refractivity (Wildman–Crippen MR) is 74.0 cm³/mol. The average molecular weight is 276 g/mol. The van der Waals surface area contributed by atoms with Crippen molar-refractivity contribution in [2.45, 2.75) is 6.61 Å². The smallest absolute Gasteiger partial charge is 0.138 e. The molecule has 19 heavy (non-hydrogen) atoms. The summed E-state index contributed by atoms with van der Waals surface area (Å²) in [5, 5.41) is 1.39. The van der Waals surface area contributed by atoms with E-state index in [-0.39, 0.29) is 5.82 Å². The summed E-state index contributed by atoms with van der Waals surface area (Å²) in [5.74, 6) is 0.362. The molecule has 0 atom stereocenters. The second kappa shape index (κ2) is 4.94. The molecular weight excluding hydrogens is 265 g/mol. The molecule has 0 aliphatic carbocycles. The zero-order valence-corrected chi connectivity index (χ0v) is 10.7. The number of rotatable bonds is 3. The molecule has 0 saturated heterocycles. The zero-order chi connectivity index (χ0) is 13.2. The average Bonchev–Trinajstić information content (AvgIpc) is 2.80. The minimum Gasteiger partial charge on any atom is -0.487 e. The maximum atomic E-state index is 13.2. The van der Waals surface area contributed by atoms with Crippen molar-refractivity contribution in [2.24, 2.45) is 0 Å². The van der Waals surface area contributed by atoms with Gasteiger partial charge in [0.15, 0.2) is 0 Å². The highest BCUT2D eigenvalue weighted by atomic mass is 35.5. The lowest BCUT2D eigenvalue weighted by atomic mass is 10.2. The number of hydrogen-bond donors (Lipinski definition) is 1. The van der Waals surface area contributed by atoms with E-state index in [4.69, 9.17) is 16.3 Å². The Balaban J connectivity index is 1.86. The van der Waals surface area contributed by atoms with Crippen LogP contribution in [0.4, 0.5) is 4.39 Å². The second-order valence-corrected chi connectivity index (χ2v) is 4.63. The number of hydrogen-bond acceptors (Lipinski definition) is 1. The molecule has 3 rings (SSSR count). The van der Waals surface area contributed by atoms with E-state index in [2.05, 4.69) is 4.98 Å². The van der Waals surface area contributed by atoms with Crippen LogP contribution in [-0.2, 0) is 6.61 Å². The predicted octanol–water partition coefficient (Wildman–Crippen LogP) is 4.54. The van der Waals surface area contributed by atoms with E-state index in [0.717, 1.165) is 16.5 Å². The Morgan fingerprint density at radius 3 is 2.84 bits per heavy atom. The monoisotopic (exact) mass is 275 g/mol. The third-order valence-corrected chi connectivity index (χ3v) is 3.26. The molecule has 0 unspecified atom stereocenters. The van der Waals surface area contributed by atoms with Gasteiger partial charge in [0.2, 0.25) is 0 Å². The van der Waals surface area contributed by atoms with Crippen LogP contribution in [0.2, 0.25) is 5.02 Å². The van der Waals surface area contributed by atoms with Gasteiger partial charge in [-0.15, -0.1) is 0 Å². The number of halogens is 2. The minimum absolute atomic E-state index is 0.258. The number of ether oxygens (including phenoxy) is 1. The number of benzene rings is 2. The van der Waals surface area contributed by atoms with E-state index in [9.17, 15) is 4.39 Å². The highest BCUT2D eigenvalue weighted by Crippen LogP contribution is 2.26. The van der Waals surface area contributed by atoms with E-state index in [1.807, 2.05) is 18.3 Å². The van der Waals surface area contributed by atoms with Crippen molar-refractivity contribution in [1.82, 2.24) is 4.98 Å². The maximum absolute atomic E-state index is 13.2. The summed E-state index contributed by atoms with van der Waals surface area (Å²) in [5.41, 5.74) is 1.79. The molecule has 0 amide bonds. The lowest BCUT2D eigenvalue weighted by Crippen LogP contribution is -1.94. The normalized spacial score (nSPS) is 10.8. The van der Waals surface area contributed by atoms with E-state index in [1.165, 1.54) is 12.1 Å². The first-order chi connectivity index (χ1) is 9.24. The second-order valence-electron chi connectivity index (χ2n) is 4.22. The molecule has 4 heteroatoms. The van der Waals surface area contributed by atoms with E-state index in [1.54, 1.807) is 18.2 Å². The Morgan fingerprint density at radius 2 is 2.00 bits per heavy atom. The number of aromatic amines is 1. The van der Waals surface area contributed by atoms with E-state index < -0.39 is 0 Å². The Hall–Kier alpha value is -2.00. The number of para-hydroxylation sites is 1. The Bertz CT molecular complexity index is 723. The summed E-state index contributed by atoms with van der Waals surface area (Å²) in [6.07, 6.45) is 1.82. The fraction of sp³-hybridized carbons (Fsp3) is 0.0667. The summed E-state index contributed by atoms with van der Waals surface area (Å²) in [6, 6.07) is 11.9. The van der Waals surface area contributed by atoms with E-state index >= 15 is 0 Å². The fourth-order valence-electron chi connectivity index (χ4n) is 1.99. The third-order valence-electron chi connectivity index (χ3n) is 2.95. The van der Waals surface area contributed by atoms with Gasteiger partial charge in [-0.05, 0) is 30.3 Å². The summed E-state index contributed by atoms with van der Waals surface area (Å²) in [4.78, 5) is 3.09.